The Morgan fingerprint density at radius 3 is 2.00 bits per heavy atom. The zero-order valence-corrected chi connectivity index (χ0v) is 9.66. The highest BCUT2D eigenvalue weighted by Gasteiger charge is 2.39. The maximum Gasteiger partial charge on any atom is 0.418 e. The molecule has 1 heterocycles. The van der Waals surface area contributed by atoms with E-state index in [1.165, 1.54) is 0 Å². The molecule has 0 amide bonds. The van der Waals surface area contributed by atoms with Crippen molar-refractivity contribution in [2.75, 3.05) is 0 Å². The Morgan fingerprint density at radius 2 is 1.47 bits per heavy atom. The molecule has 102 valence electrons. The van der Waals surface area contributed by atoms with E-state index in [9.17, 15) is 26.3 Å². The maximum atomic E-state index is 12.8. The summed E-state index contributed by atoms with van der Waals surface area (Å²) in [7, 11) is 0. The standard InChI is InChI=1S/C11H4ClF6N/c12-9-5-2-1-3-6(10(13,14)15)8(5)7(4-19-9)11(16,17)18/h1-4H. The topological polar surface area (TPSA) is 12.9 Å². The van der Waals surface area contributed by atoms with E-state index in [0.717, 1.165) is 12.1 Å². The first-order valence-corrected chi connectivity index (χ1v) is 5.22. The largest absolute Gasteiger partial charge is 0.418 e. The molecule has 0 radical (unpaired) electrons. The van der Waals surface area contributed by atoms with Crippen LogP contribution in [0.2, 0.25) is 5.15 Å². The minimum Gasteiger partial charge on any atom is -0.243 e. The van der Waals surface area contributed by atoms with Gasteiger partial charge in [0.25, 0.3) is 0 Å². The first-order chi connectivity index (χ1) is 8.62. The lowest BCUT2D eigenvalue weighted by molar-refractivity contribution is -0.140. The van der Waals surface area contributed by atoms with Crippen LogP contribution < -0.4 is 0 Å². The van der Waals surface area contributed by atoms with Crippen molar-refractivity contribution in [2.24, 2.45) is 0 Å². The van der Waals surface area contributed by atoms with Crippen LogP contribution in [0, 0.1) is 0 Å². The molecule has 1 aromatic heterocycles. The van der Waals surface area contributed by atoms with Gasteiger partial charge in [0.2, 0.25) is 0 Å². The van der Waals surface area contributed by atoms with Crippen molar-refractivity contribution >= 4 is 22.4 Å². The van der Waals surface area contributed by atoms with E-state index >= 15 is 0 Å². The number of rotatable bonds is 0. The minimum atomic E-state index is -4.95. The maximum absolute atomic E-state index is 12.8. The first-order valence-electron chi connectivity index (χ1n) is 4.84. The van der Waals surface area contributed by atoms with E-state index in [1.54, 1.807) is 0 Å². The molecule has 2 rings (SSSR count). The highest BCUT2D eigenvalue weighted by atomic mass is 35.5. The Hall–Kier alpha value is -1.50. The van der Waals surface area contributed by atoms with Crippen molar-refractivity contribution in [2.45, 2.75) is 12.4 Å². The van der Waals surface area contributed by atoms with E-state index in [1.807, 2.05) is 0 Å². The molecule has 0 saturated carbocycles. The third-order valence-corrected chi connectivity index (χ3v) is 2.78. The van der Waals surface area contributed by atoms with E-state index in [-0.39, 0.29) is 5.39 Å². The molecule has 0 aliphatic heterocycles. The smallest absolute Gasteiger partial charge is 0.243 e. The van der Waals surface area contributed by atoms with Gasteiger partial charge in [-0.2, -0.15) is 26.3 Å². The average molecular weight is 300 g/mol. The monoisotopic (exact) mass is 299 g/mol. The number of nitrogens with zero attached hydrogens (tertiary/aromatic N) is 1. The second kappa shape index (κ2) is 4.26. The molecule has 0 aliphatic carbocycles. The van der Waals surface area contributed by atoms with Crippen molar-refractivity contribution in [1.82, 2.24) is 4.98 Å². The number of pyridine rings is 1. The predicted octanol–water partition coefficient (Wildman–Crippen LogP) is 4.93. The summed E-state index contributed by atoms with van der Waals surface area (Å²) in [6, 6.07) is 2.63. The Bertz CT molecular complexity index is 611. The number of fused-ring (bicyclic) bond motifs is 1. The quantitative estimate of drug-likeness (QED) is 0.497. The second-order valence-electron chi connectivity index (χ2n) is 3.69. The van der Waals surface area contributed by atoms with E-state index < -0.39 is 34.0 Å². The van der Waals surface area contributed by atoms with Gasteiger partial charge in [0.1, 0.15) is 5.15 Å². The summed E-state index contributed by atoms with van der Waals surface area (Å²) in [5, 5.41) is -1.78. The SMILES string of the molecule is FC(F)(F)c1cccc2c(Cl)ncc(C(F)(F)F)c12. The fourth-order valence-electron chi connectivity index (χ4n) is 1.72. The van der Waals surface area contributed by atoms with E-state index in [4.69, 9.17) is 11.6 Å². The second-order valence-corrected chi connectivity index (χ2v) is 4.04. The predicted molar refractivity (Wildman–Crippen MR) is 56.8 cm³/mol. The van der Waals surface area contributed by atoms with Crippen LogP contribution in [0.1, 0.15) is 11.1 Å². The summed E-state index contributed by atoms with van der Waals surface area (Å²) >= 11 is 5.56. The zero-order valence-electron chi connectivity index (χ0n) is 8.90. The molecule has 1 nitrogen and oxygen atoms in total. The fraction of sp³-hybridized carbons (Fsp3) is 0.182. The minimum absolute atomic E-state index is 0.305. The van der Waals surface area contributed by atoms with Crippen LogP contribution in [-0.2, 0) is 12.4 Å². The van der Waals surface area contributed by atoms with Crippen LogP contribution in [0.15, 0.2) is 24.4 Å². The molecule has 0 bridgehead atoms. The number of aromatic nitrogens is 1. The summed E-state index contributed by atoms with van der Waals surface area (Å²) in [6.45, 7) is 0. The summed E-state index contributed by atoms with van der Waals surface area (Å²) in [6.07, 6.45) is -9.55. The number of alkyl halides is 6. The molecular weight excluding hydrogens is 296 g/mol. The number of hydrogen-bond donors (Lipinski definition) is 0. The van der Waals surface area contributed by atoms with Gasteiger partial charge < -0.3 is 0 Å². The van der Waals surface area contributed by atoms with Crippen LogP contribution in [-0.4, -0.2) is 4.98 Å². The molecule has 0 saturated heterocycles. The van der Waals surface area contributed by atoms with Crippen molar-refractivity contribution in [1.29, 1.82) is 0 Å². The Balaban J connectivity index is 2.97. The Kier molecular flexibility index (Phi) is 3.12. The van der Waals surface area contributed by atoms with Crippen LogP contribution >= 0.6 is 11.6 Å². The van der Waals surface area contributed by atoms with Gasteiger partial charge in [-0.15, -0.1) is 0 Å². The zero-order chi connectivity index (χ0) is 14.4. The molecule has 0 unspecified atom stereocenters. The average Bonchev–Trinajstić information content (AvgIpc) is 2.26. The summed E-state index contributed by atoms with van der Waals surface area (Å²) in [5.41, 5.74) is -2.85. The number of benzene rings is 1. The normalized spacial score (nSPS) is 13.0. The lowest BCUT2D eigenvalue weighted by atomic mass is 10.0. The lowest BCUT2D eigenvalue weighted by Gasteiger charge is -2.15. The molecule has 0 N–H and O–H groups in total. The third-order valence-electron chi connectivity index (χ3n) is 2.47. The van der Waals surface area contributed by atoms with Crippen LogP contribution in [0.3, 0.4) is 0 Å². The summed E-state index contributed by atoms with van der Waals surface area (Å²) in [4.78, 5) is 3.27. The van der Waals surface area contributed by atoms with Crippen LogP contribution in [0.25, 0.3) is 10.8 Å². The molecule has 0 atom stereocenters. The van der Waals surface area contributed by atoms with Crippen LogP contribution in [0.5, 0.6) is 0 Å². The Morgan fingerprint density at radius 1 is 0.895 bits per heavy atom. The molecular formula is C11H4ClF6N. The molecule has 19 heavy (non-hydrogen) atoms. The van der Waals surface area contributed by atoms with Crippen LogP contribution in [0.4, 0.5) is 26.3 Å². The number of hydrogen-bond acceptors (Lipinski definition) is 1. The van der Waals surface area contributed by atoms with Crippen molar-refractivity contribution < 1.29 is 26.3 Å². The van der Waals surface area contributed by atoms with E-state index in [0.29, 0.717) is 12.3 Å². The Labute approximate surface area is 107 Å². The molecule has 8 heteroatoms. The number of halogens is 7. The van der Waals surface area contributed by atoms with Crippen molar-refractivity contribution in [3.63, 3.8) is 0 Å². The highest BCUT2D eigenvalue weighted by Crippen LogP contribution is 2.42. The van der Waals surface area contributed by atoms with Gasteiger partial charge in [-0.05, 0) is 6.07 Å². The molecule has 1 aromatic carbocycles. The fourth-order valence-corrected chi connectivity index (χ4v) is 1.93. The van der Waals surface area contributed by atoms with Gasteiger partial charge in [0.05, 0.1) is 11.1 Å². The molecule has 0 fully saturated rings. The molecule has 2 aromatic rings. The summed E-state index contributed by atoms with van der Waals surface area (Å²) in [5.74, 6) is 0. The van der Waals surface area contributed by atoms with Gasteiger partial charge in [-0.3, -0.25) is 0 Å². The highest BCUT2D eigenvalue weighted by molar-refractivity contribution is 6.34. The molecule has 0 aliphatic rings. The van der Waals surface area contributed by atoms with Gasteiger partial charge in [-0.1, -0.05) is 23.7 Å². The van der Waals surface area contributed by atoms with Gasteiger partial charge in [-0.25, -0.2) is 4.98 Å². The van der Waals surface area contributed by atoms with Gasteiger partial charge in [0, 0.05) is 17.0 Å². The van der Waals surface area contributed by atoms with Gasteiger partial charge in [0.15, 0.2) is 0 Å². The lowest BCUT2D eigenvalue weighted by Crippen LogP contribution is -2.12. The van der Waals surface area contributed by atoms with E-state index in [2.05, 4.69) is 4.98 Å². The summed E-state index contributed by atoms with van der Waals surface area (Å²) < 4.78 is 76.7. The molecule has 0 spiro atoms. The van der Waals surface area contributed by atoms with Crippen molar-refractivity contribution in [3.05, 3.63) is 40.7 Å². The van der Waals surface area contributed by atoms with Gasteiger partial charge >= 0.3 is 12.4 Å². The third kappa shape index (κ3) is 2.47. The van der Waals surface area contributed by atoms with Crippen molar-refractivity contribution in [3.8, 4) is 0 Å². The first kappa shape index (κ1) is 13.9.